The second-order valence-electron chi connectivity index (χ2n) is 6.86. The summed E-state index contributed by atoms with van der Waals surface area (Å²) in [6, 6.07) is 1.57. The van der Waals surface area contributed by atoms with Crippen LogP contribution in [0.2, 0.25) is 0 Å². The average Bonchev–Trinajstić information content (AvgIpc) is 3.00. The lowest BCUT2D eigenvalue weighted by atomic mass is 9.72. The largest absolute Gasteiger partial charge is 0.337 e. The average molecular weight is 304 g/mol. The molecule has 0 atom stereocenters. The van der Waals surface area contributed by atoms with Gasteiger partial charge in [-0.2, -0.15) is 5.10 Å². The number of likely N-dealkylation sites (tertiary alicyclic amines) is 2. The van der Waals surface area contributed by atoms with E-state index in [0.29, 0.717) is 11.4 Å². The summed E-state index contributed by atoms with van der Waals surface area (Å²) in [7, 11) is 2.16. The van der Waals surface area contributed by atoms with Gasteiger partial charge in [0.2, 0.25) is 0 Å². The summed E-state index contributed by atoms with van der Waals surface area (Å²) < 4.78 is 0. The smallest absolute Gasteiger partial charge is 0.271 e. The summed E-state index contributed by atoms with van der Waals surface area (Å²) in [6.07, 6.45) is 4.60. The predicted octanol–water partition coefficient (Wildman–Crippen LogP) is 1.56. The number of nitrogens with one attached hydrogen (secondary N) is 1. The number of amides is 1. The molecule has 6 heteroatoms. The summed E-state index contributed by atoms with van der Waals surface area (Å²) in [4.78, 5) is 28.3. The highest BCUT2D eigenvalue weighted by molar-refractivity contribution is 5.97. The van der Waals surface area contributed by atoms with Gasteiger partial charge in [0.15, 0.2) is 5.78 Å². The van der Waals surface area contributed by atoms with Gasteiger partial charge in [-0.25, -0.2) is 0 Å². The summed E-state index contributed by atoms with van der Waals surface area (Å²) in [5, 5.41) is 6.63. The monoisotopic (exact) mass is 304 g/mol. The van der Waals surface area contributed by atoms with Crippen molar-refractivity contribution < 1.29 is 9.59 Å². The number of aromatic amines is 1. The molecule has 120 valence electrons. The number of aromatic nitrogens is 2. The lowest BCUT2D eigenvalue weighted by Gasteiger charge is -2.47. The topological polar surface area (TPSA) is 69.3 Å². The SMILES string of the molecule is CC(=O)c1cc(C(=O)N2CCCC3(CCN(C)CC3)C2)[nH]n1. The van der Waals surface area contributed by atoms with E-state index < -0.39 is 0 Å². The molecule has 2 aliphatic heterocycles. The number of carbonyl (C=O) groups excluding carboxylic acids is 2. The van der Waals surface area contributed by atoms with Crippen molar-refractivity contribution in [1.29, 1.82) is 0 Å². The number of rotatable bonds is 2. The van der Waals surface area contributed by atoms with E-state index in [1.807, 2.05) is 4.90 Å². The molecule has 3 rings (SSSR count). The van der Waals surface area contributed by atoms with Gasteiger partial charge in [0.25, 0.3) is 5.91 Å². The van der Waals surface area contributed by atoms with E-state index in [0.717, 1.165) is 45.4 Å². The van der Waals surface area contributed by atoms with Crippen molar-refractivity contribution >= 4 is 11.7 Å². The summed E-state index contributed by atoms with van der Waals surface area (Å²) in [6.45, 7) is 5.30. The van der Waals surface area contributed by atoms with Gasteiger partial charge in [-0.3, -0.25) is 14.7 Å². The minimum absolute atomic E-state index is 0.0296. The number of piperidine rings is 2. The van der Waals surface area contributed by atoms with Crippen LogP contribution in [0.15, 0.2) is 6.07 Å². The minimum Gasteiger partial charge on any atom is -0.337 e. The summed E-state index contributed by atoms with van der Waals surface area (Å²) in [5.74, 6) is -0.154. The molecule has 2 aliphatic rings. The number of Topliss-reactive ketones (excluding diaryl/α,β-unsaturated/α-hetero) is 1. The Hall–Kier alpha value is -1.69. The number of hydrogen-bond donors (Lipinski definition) is 1. The van der Waals surface area contributed by atoms with E-state index in [1.165, 1.54) is 13.3 Å². The summed E-state index contributed by atoms with van der Waals surface area (Å²) in [5.41, 5.74) is 1.04. The fourth-order valence-electron chi connectivity index (χ4n) is 3.66. The quantitative estimate of drug-likeness (QED) is 0.842. The van der Waals surface area contributed by atoms with Crippen molar-refractivity contribution in [1.82, 2.24) is 20.0 Å². The van der Waals surface area contributed by atoms with Crippen LogP contribution >= 0.6 is 0 Å². The second kappa shape index (κ2) is 5.83. The Balaban J connectivity index is 1.71. The summed E-state index contributed by atoms with van der Waals surface area (Å²) >= 11 is 0. The molecule has 1 amide bonds. The molecule has 2 saturated heterocycles. The first-order chi connectivity index (χ1) is 10.5. The highest BCUT2D eigenvalue weighted by Gasteiger charge is 2.39. The Morgan fingerprint density at radius 3 is 2.59 bits per heavy atom. The van der Waals surface area contributed by atoms with Crippen molar-refractivity contribution in [2.75, 3.05) is 33.2 Å². The fraction of sp³-hybridized carbons (Fsp3) is 0.688. The lowest BCUT2D eigenvalue weighted by molar-refractivity contribution is 0.0257. The van der Waals surface area contributed by atoms with Crippen LogP contribution in [0.3, 0.4) is 0 Å². The van der Waals surface area contributed by atoms with Crippen molar-refractivity contribution in [2.45, 2.75) is 32.6 Å². The third kappa shape index (κ3) is 2.92. The van der Waals surface area contributed by atoms with Crippen LogP contribution in [0.5, 0.6) is 0 Å². The van der Waals surface area contributed by atoms with Crippen molar-refractivity contribution in [3.63, 3.8) is 0 Å². The molecular weight excluding hydrogens is 280 g/mol. The first kappa shape index (κ1) is 15.2. The molecule has 0 saturated carbocycles. The van der Waals surface area contributed by atoms with Gasteiger partial charge in [0.1, 0.15) is 11.4 Å². The Bertz CT molecular complexity index is 572. The molecule has 0 radical (unpaired) electrons. The molecule has 0 aliphatic carbocycles. The zero-order chi connectivity index (χ0) is 15.7. The number of nitrogens with zero attached hydrogens (tertiary/aromatic N) is 3. The zero-order valence-electron chi connectivity index (χ0n) is 13.4. The molecule has 6 nitrogen and oxygen atoms in total. The van der Waals surface area contributed by atoms with Gasteiger partial charge in [-0.05, 0) is 57.3 Å². The van der Waals surface area contributed by atoms with E-state index in [4.69, 9.17) is 0 Å². The number of carbonyl (C=O) groups is 2. The molecule has 2 fully saturated rings. The first-order valence-electron chi connectivity index (χ1n) is 8.03. The maximum atomic E-state index is 12.7. The molecule has 1 aromatic rings. The Morgan fingerprint density at radius 2 is 1.95 bits per heavy atom. The van der Waals surface area contributed by atoms with Crippen LogP contribution in [0.1, 0.15) is 53.6 Å². The molecular formula is C16H24N4O2. The molecule has 22 heavy (non-hydrogen) atoms. The van der Waals surface area contributed by atoms with E-state index in [1.54, 1.807) is 6.07 Å². The van der Waals surface area contributed by atoms with Gasteiger partial charge in [0, 0.05) is 20.0 Å². The standard InChI is InChI=1S/C16H24N4O2/c1-12(21)13-10-14(18-17-13)15(22)20-7-3-4-16(11-20)5-8-19(2)9-6-16/h10H,3-9,11H2,1-2H3,(H,17,18). The first-order valence-corrected chi connectivity index (χ1v) is 8.03. The molecule has 0 aromatic carbocycles. The molecule has 3 heterocycles. The minimum atomic E-state index is -0.124. The normalized spacial score (nSPS) is 22.0. The Labute approximate surface area is 130 Å². The fourth-order valence-corrected chi connectivity index (χ4v) is 3.66. The van der Waals surface area contributed by atoms with Gasteiger partial charge < -0.3 is 9.80 Å². The Kier molecular flexibility index (Phi) is 4.04. The predicted molar refractivity (Wildman–Crippen MR) is 82.9 cm³/mol. The van der Waals surface area contributed by atoms with Crippen LogP contribution in [-0.2, 0) is 0 Å². The van der Waals surface area contributed by atoms with Gasteiger partial charge in [-0.1, -0.05) is 0 Å². The molecule has 0 bridgehead atoms. The van der Waals surface area contributed by atoms with Crippen LogP contribution in [0, 0.1) is 5.41 Å². The zero-order valence-corrected chi connectivity index (χ0v) is 13.4. The van der Waals surface area contributed by atoms with Crippen LogP contribution in [-0.4, -0.2) is 64.9 Å². The van der Waals surface area contributed by atoms with E-state index in [9.17, 15) is 9.59 Å². The number of hydrogen-bond acceptors (Lipinski definition) is 4. The molecule has 1 aromatic heterocycles. The Morgan fingerprint density at radius 1 is 1.23 bits per heavy atom. The highest BCUT2D eigenvalue weighted by atomic mass is 16.2. The number of ketones is 1. The van der Waals surface area contributed by atoms with Crippen LogP contribution in [0.4, 0.5) is 0 Å². The maximum absolute atomic E-state index is 12.7. The van der Waals surface area contributed by atoms with Crippen LogP contribution < -0.4 is 0 Å². The van der Waals surface area contributed by atoms with Crippen molar-refractivity contribution in [2.24, 2.45) is 5.41 Å². The number of H-pyrrole nitrogens is 1. The van der Waals surface area contributed by atoms with Crippen molar-refractivity contribution in [3.8, 4) is 0 Å². The van der Waals surface area contributed by atoms with Crippen molar-refractivity contribution in [3.05, 3.63) is 17.5 Å². The molecule has 1 spiro atoms. The van der Waals surface area contributed by atoms with Crippen LogP contribution in [0.25, 0.3) is 0 Å². The third-order valence-electron chi connectivity index (χ3n) is 5.17. The van der Waals surface area contributed by atoms with Gasteiger partial charge in [0.05, 0.1) is 0 Å². The van der Waals surface area contributed by atoms with Gasteiger partial charge >= 0.3 is 0 Å². The maximum Gasteiger partial charge on any atom is 0.271 e. The van der Waals surface area contributed by atoms with E-state index in [2.05, 4.69) is 22.1 Å². The highest BCUT2D eigenvalue weighted by Crippen LogP contribution is 2.39. The van der Waals surface area contributed by atoms with E-state index >= 15 is 0 Å². The van der Waals surface area contributed by atoms with E-state index in [-0.39, 0.29) is 17.1 Å². The molecule has 0 unspecified atom stereocenters. The lowest BCUT2D eigenvalue weighted by Crippen LogP contribution is -2.50. The second-order valence-corrected chi connectivity index (χ2v) is 6.86. The third-order valence-corrected chi connectivity index (χ3v) is 5.17. The molecule has 1 N–H and O–H groups in total. The van der Waals surface area contributed by atoms with Gasteiger partial charge in [-0.15, -0.1) is 0 Å².